The van der Waals surface area contributed by atoms with Crippen LogP contribution in [-0.4, -0.2) is 13.0 Å². The summed E-state index contributed by atoms with van der Waals surface area (Å²) in [4.78, 5) is 12.4. The number of ether oxygens (including phenoxy) is 1. The smallest absolute Gasteiger partial charge is 0.259 e. The van der Waals surface area contributed by atoms with Crippen molar-refractivity contribution in [3.05, 3.63) is 55.6 Å². The Hall–Kier alpha value is -1.08. The van der Waals surface area contributed by atoms with E-state index in [4.69, 9.17) is 4.74 Å². The van der Waals surface area contributed by atoms with Gasteiger partial charge in [0.15, 0.2) is 0 Å². The number of hydrogen-bond acceptors (Lipinski definition) is 2. The Morgan fingerprint density at radius 2 is 2.00 bits per heavy atom. The van der Waals surface area contributed by atoms with Gasteiger partial charge in [0.25, 0.3) is 5.91 Å². The quantitative estimate of drug-likeness (QED) is 0.700. The van der Waals surface area contributed by atoms with E-state index in [1.807, 2.05) is 31.2 Å². The summed E-state index contributed by atoms with van der Waals surface area (Å²) in [6.07, 6.45) is 0. The zero-order valence-electron chi connectivity index (χ0n) is 11.0. The Morgan fingerprint density at radius 3 is 2.65 bits per heavy atom. The van der Waals surface area contributed by atoms with Crippen molar-refractivity contribution in [1.82, 2.24) is 0 Å². The van der Waals surface area contributed by atoms with Crippen molar-refractivity contribution in [2.75, 3.05) is 12.4 Å². The van der Waals surface area contributed by atoms with Crippen molar-refractivity contribution in [2.24, 2.45) is 0 Å². The molecular weight excluding hydrogens is 433 g/mol. The van der Waals surface area contributed by atoms with Crippen molar-refractivity contribution >= 4 is 50.1 Å². The van der Waals surface area contributed by atoms with Gasteiger partial charge in [-0.1, -0.05) is 15.9 Å². The van der Waals surface area contributed by atoms with Crippen LogP contribution in [0.3, 0.4) is 0 Å². The highest BCUT2D eigenvalue weighted by atomic mass is 127. The van der Waals surface area contributed by atoms with E-state index >= 15 is 0 Å². The molecule has 2 rings (SSSR count). The second-order valence-corrected chi connectivity index (χ2v) is 6.42. The molecule has 0 unspecified atom stereocenters. The SMILES string of the molecule is COc1ccc(Br)cc1C(=O)Nc1ccc(I)cc1C. The monoisotopic (exact) mass is 445 g/mol. The number of anilines is 1. The molecule has 1 N–H and O–H groups in total. The first-order valence-electron chi connectivity index (χ1n) is 5.92. The van der Waals surface area contributed by atoms with Crippen molar-refractivity contribution in [3.63, 3.8) is 0 Å². The molecule has 0 saturated heterocycles. The Balaban J connectivity index is 2.30. The number of carbonyl (C=O) groups excluding carboxylic acids is 1. The molecule has 0 saturated carbocycles. The summed E-state index contributed by atoms with van der Waals surface area (Å²) in [5, 5.41) is 2.91. The zero-order valence-corrected chi connectivity index (χ0v) is 14.8. The number of methoxy groups -OCH3 is 1. The van der Waals surface area contributed by atoms with Crippen molar-refractivity contribution in [3.8, 4) is 5.75 Å². The molecule has 20 heavy (non-hydrogen) atoms. The predicted octanol–water partition coefficient (Wildman–Crippen LogP) is 4.62. The first-order valence-corrected chi connectivity index (χ1v) is 7.79. The molecule has 2 aromatic rings. The summed E-state index contributed by atoms with van der Waals surface area (Å²) in [5.41, 5.74) is 2.33. The van der Waals surface area contributed by atoms with Crippen LogP contribution in [0.4, 0.5) is 5.69 Å². The first kappa shape index (κ1) is 15.3. The van der Waals surface area contributed by atoms with Gasteiger partial charge >= 0.3 is 0 Å². The molecule has 0 heterocycles. The Morgan fingerprint density at radius 1 is 1.25 bits per heavy atom. The lowest BCUT2D eigenvalue weighted by atomic mass is 10.1. The molecule has 0 aliphatic carbocycles. The Kier molecular flexibility index (Phi) is 5.04. The second-order valence-electron chi connectivity index (χ2n) is 4.26. The summed E-state index contributed by atoms with van der Waals surface area (Å²) in [6.45, 7) is 1.97. The number of amides is 1. The van der Waals surface area contributed by atoms with Crippen molar-refractivity contribution < 1.29 is 9.53 Å². The van der Waals surface area contributed by atoms with Gasteiger partial charge in [-0.3, -0.25) is 4.79 Å². The average molecular weight is 446 g/mol. The lowest BCUT2D eigenvalue weighted by Crippen LogP contribution is -2.14. The summed E-state index contributed by atoms with van der Waals surface area (Å²) >= 11 is 5.61. The zero-order chi connectivity index (χ0) is 14.7. The molecule has 104 valence electrons. The fraction of sp³-hybridized carbons (Fsp3) is 0.133. The minimum absolute atomic E-state index is 0.188. The number of carbonyl (C=O) groups is 1. The maximum absolute atomic E-state index is 12.4. The molecule has 1 amide bonds. The van der Waals surface area contributed by atoms with E-state index in [9.17, 15) is 4.79 Å². The van der Waals surface area contributed by atoms with Crippen LogP contribution in [0.5, 0.6) is 5.75 Å². The van der Waals surface area contributed by atoms with Crippen LogP contribution >= 0.6 is 38.5 Å². The summed E-state index contributed by atoms with van der Waals surface area (Å²) in [6, 6.07) is 11.2. The lowest BCUT2D eigenvalue weighted by Gasteiger charge is -2.11. The molecule has 3 nitrogen and oxygen atoms in total. The van der Waals surface area contributed by atoms with Gasteiger partial charge < -0.3 is 10.1 Å². The summed E-state index contributed by atoms with van der Waals surface area (Å²) < 4.78 is 7.20. The van der Waals surface area contributed by atoms with Gasteiger partial charge in [-0.2, -0.15) is 0 Å². The van der Waals surface area contributed by atoms with E-state index in [0.717, 1.165) is 19.3 Å². The molecule has 0 fully saturated rings. The number of aryl methyl sites for hydroxylation is 1. The van der Waals surface area contributed by atoms with Gasteiger partial charge in [0.2, 0.25) is 0 Å². The van der Waals surface area contributed by atoms with Gasteiger partial charge in [0.05, 0.1) is 12.7 Å². The minimum Gasteiger partial charge on any atom is -0.496 e. The number of benzene rings is 2. The highest BCUT2D eigenvalue weighted by Gasteiger charge is 2.13. The van der Waals surface area contributed by atoms with Gasteiger partial charge in [-0.25, -0.2) is 0 Å². The largest absolute Gasteiger partial charge is 0.496 e. The second kappa shape index (κ2) is 6.58. The molecule has 0 aliphatic rings. The van der Waals surface area contributed by atoms with Crippen molar-refractivity contribution in [2.45, 2.75) is 6.92 Å². The molecule has 0 radical (unpaired) electrons. The Labute approximate surface area is 140 Å². The van der Waals surface area contributed by atoms with E-state index in [-0.39, 0.29) is 5.91 Å². The van der Waals surface area contributed by atoms with Gasteiger partial charge in [0, 0.05) is 13.7 Å². The maximum atomic E-state index is 12.4. The van der Waals surface area contributed by atoms with Crippen LogP contribution in [0, 0.1) is 10.5 Å². The van der Waals surface area contributed by atoms with Crippen LogP contribution in [0.1, 0.15) is 15.9 Å². The van der Waals surface area contributed by atoms with E-state index in [0.29, 0.717) is 11.3 Å². The van der Waals surface area contributed by atoms with E-state index in [1.165, 1.54) is 0 Å². The van der Waals surface area contributed by atoms with Gasteiger partial charge in [0.1, 0.15) is 5.75 Å². The number of hydrogen-bond donors (Lipinski definition) is 1. The van der Waals surface area contributed by atoms with E-state index in [2.05, 4.69) is 43.8 Å². The molecule has 0 spiro atoms. The molecule has 5 heteroatoms. The van der Waals surface area contributed by atoms with E-state index in [1.54, 1.807) is 19.2 Å². The molecule has 0 atom stereocenters. The summed E-state index contributed by atoms with van der Waals surface area (Å²) in [7, 11) is 1.55. The van der Waals surface area contributed by atoms with Crippen LogP contribution in [-0.2, 0) is 0 Å². The minimum atomic E-state index is -0.188. The third-order valence-electron chi connectivity index (χ3n) is 2.84. The molecular formula is C15H13BrINO2. The third kappa shape index (κ3) is 3.52. The van der Waals surface area contributed by atoms with Crippen molar-refractivity contribution in [1.29, 1.82) is 0 Å². The van der Waals surface area contributed by atoms with Gasteiger partial charge in [-0.05, 0) is 71.5 Å². The maximum Gasteiger partial charge on any atom is 0.259 e. The van der Waals surface area contributed by atoms with E-state index < -0.39 is 0 Å². The van der Waals surface area contributed by atoms with Crippen LogP contribution in [0.25, 0.3) is 0 Å². The average Bonchev–Trinajstić information content (AvgIpc) is 2.41. The molecule has 0 aliphatic heterocycles. The highest BCUT2D eigenvalue weighted by molar-refractivity contribution is 14.1. The van der Waals surface area contributed by atoms with Crippen LogP contribution in [0.15, 0.2) is 40.9 Å². The third-order valence-corrected chi connectivity index (χ3v) is 4.01. The molecule has 0 bridgehead atoms. The standard InChI is InChI=1S/C15H13BrINO2/c1-9-7-11(17)4-5-13(9)18-15(19)12-8-10(16)3-6-14(12)20-2/h3-8H,1-2H3,(H,18,19). The lowest BCUT2D eigenvalue weighted by molar-refractivity contribution is 0.102. The first-order chi connectivity index (χ1) is 9.51. The van der Waals surface area contributed by atoms with Crippen LogP contribution < -0.4 is 10.1 Å². The fourth-order valence-electron chi connectivity index (χ4n) is 1.81. The molecule has 0 aromatic heterocycles. The molecule has 2 aromatic carbocycles. The number of rotatable bonds is 3. The normalized spacial score (nSPS) is 10.2. The van der Waals surface area contributed by atoms with Gasteiger partial charge in [-0.15, -0.1) is 0 Å². The number of nitrogens with one attached hydrogen (secondary N) is 1. The fourth-order valence-corrected chi connectivity index (χ4v) is 2.82. The van der Waals surface area contributed by atoms with Crippen LogP contribution in [0.2, 0.25) is 0 Å². The number of halogens is 2. The topological polar surface area (TPSA) is 38.3 Å². The Bertz CT molecular complexity index is 658. The summed E-state index contributed by atoms with van der Waals surface area (Å²) in [5.74, 6) is 0.362. The predicted molar refractivity (Wildman–Crippen MR) is 92.5 cm³/mol. The highest BCUT2D eigenvalue weighted by Crippen LogP contribution is 2.25.